The molecular weight excluding hydrogens is 419 g/mol. The third-order valence-corrected chi connectivity index (χ3v) is 5.22. The van der Waals surface area contributed by atoms with Crippen molar-refractivity contribution < 1.29 is 28.3 Å². The van der Waals surface area contributed by atoms with Gasteiger partial charge in [0.05, 0.1) is 19.2 Å². The van der Waals surface area contributed by atoms with E-state index in [1.165, 1.54) is 18.1 Å². The van der Waals surface area contributed by atoms with Gasteiger partial charge in [-0.15, -0.1) is 0 Å². The molecule has 2 aromatic rings. The molecule has 32 heavy (non-hydrogen) atoms. The van der Waals surface area contributed by atoms with Crippen LogP contribution in [0.3, 0.4) is 0 Å². The molecule has 2 aliphatic rings. The largest absolute Gasteiger partial charge is 0.497 e. The molecular formula is C22H17FN4O5. The van der Waals surface area contributed by atoms with Gasteiger partial charge in [0.15, 0.2) is 0 Å². The Morgan fingerprint density at radius 2 is 2.03 bits per heavy atom. The number of imide groups is 1. The molecule has 9 nitrogen and oxygen atoms in total. The van der Waals surface area contributed by atoms with Gasteiger partial charge >= 0.3 is 6.03 Å². The van der Waals surface area contributed by atoms with Crippen LogP contribution in [0.25, 0.3) is 0 Å². The molecule has 0 aliphatic carbocycles. The molecule has 1 atom stereocenters. The summed E-state index contributed by atoms with van der Waals surface area (Å²) in [4.78, 5) is 50.2. The fraction of sp³-hybridized carbons (Fsp3) is 0.182. The first-order valence-electron chi connectivity index (χ1n) is 9.45. The van der Waals surface area contributed by atoms with Crippen LogP contribution in [-0.2, 0) is 11.3 Å². The van der Waals surface area contributed by atoms with E-state index in [-0.39, 0.29) is 30.1 Å². The van der Waals surface area contributed by atoms with Crippen LogP contribution in [-0.4, -0.2) is 47.8 Å². The number of benzene rings is 2. The Balaban J connectivity index is 1.67. The summed E-state index contributed by atoms with van der Waals surface area (Å²) in [5.74, 6) is 3.03. The first kappa shape index (κ1) is 20.9. The van der Waals surface area contributed by atoms with Gasteiger partial charge in [-0.05, 0) is 35.9 Å². The lowest BCUT2D eigenvalue weighted by atomic mass is 9.98. The van der Waals surface area contributed by atoms with Crippen molar-refractivity contribution in [3.8, 4) is 17.6 Å². The molecule has 2 aliphatic heterocycles. The Morgan fingerprint density at radius 1 is 1.25 bits per heavy atom. The number of urea groups is 1. The molecule has 4 rings (SSSR count). The molecule has 1 fully saturated rings. The van der Waals surface area contributed by atoms with Gasteiger partial charge in [0.2, 0.25) is 5.54 Å². The average molecular weight is 436 g/mol. The van der Waals surface area contributed by atoms with Crippen molar-refractivity contribution in [2.24, 2.45) is 5.73 Å². The number of primary amides is 1. The number of rotatable bonds is 4. The van der Waals surface area contributed by atoms with Gasteiger partial charge < -0.3 is 20.7 Å². The minimum absolute atomic E-state index is 0.203. The molecule has 0 saturated carbocycles. The number of nitrogens with one attached hydrogen (secondary N) is 2. The zero-order valence-electron chi connectivity index (χ0n) is 16.8. The first-order valence-corrected chi connectivity index (χ1v) is 9.45. The number of carbonyl (C=O) groups excluding carboxylic acids is 4. The zero-order valence-corrected chi connectivity index (χ0v) is 16.8. The van der Waals surface area contributed by atoms with Gasteiger partial charge in [-0.1, -0.05) is 17.9 Å². The molecule has 0 bridgehead atoms. The van der Waals surface area contributed by atoms with E-state index in [9.17, 15) is 23.6 Å². The minimum Gasteiger partial charge on any atom is -0.497 e. The smallest absolute Gasteiger partial charge is 0.323 e. The number of hydrogen-bond donors (Lipinski definition) is 3. The number of carbonyl (C=O) groups is 4. The summed E-state index contributed by atoms with van der Waals surface area (Å²) >= 11 is 0. The van der Waals surface area contributed by atoms with Crippen molar-refractivity contribution in [3.05, 3.63) is 64.5 Å². The average Bonchev–Trinajstić information content (AvgIpc) is 3.22. The summed E-state index contributed by atoms with van der Waals surface area (Å²) in [5, 5.41) is 4.60. The maximum Gasteiger partial charge on any atom is 0.323 e. The lowest BCUT2D eigenvalue weighted by Gasteiger charge is -2.26. The molecule has 2 heterocycles. The summed E-state index contributed by atoms with van der Waals surface area (Å²) < 4.78 is 18.9. The van der Waals surface area contributed by atoms with Crippen LogP contribution in [0.2, 0.25) is 0 Å². The minimum atomic E-state index is -1.74. The van der Waals surface area contributed by atoms with Gasteiger partial charge in [-0.3, -0.25) is 19.7 Å². The molecule has 0 unspecified atom stereocenters. The number of nitrogens with zero attached hydrogens (tertiary/aromatic N) is 1. The second-order valence-corrected chi connectivity index (χ2v) is 7.31. The molecule has 10 heteroatoms. The Bertz CT molecular complexity index is 1250. The number of halogens is 1. The van der Waals surface area contributed by atoms with Crippen molar-refractivity contribution in [2.75, 3.05) is 13.7 Å². The predicted molar refractivity (Wildman–Crippen MR) is 109 cm³/mol. The highest BCUT2D eigenvalue weighted by Crippen LogP contribution is 2.28. The van der Waals surface area contributed by atoms with Gasteiger partial charge in [0.25, 0.3) is 17.7 Å². The van der Waals surface area contributed by atoms with E-state index in [0.717, 1.165) is 17.7 Å². The van der Waals surface area contributed by atoms with E-state index >= 15 is 0 Å². The number of amides is 5. The van der Waals surface area contributed by atoms with Crippen molar-refractivity contribution in [2.45, 2.75) is 12.1 Å². The highest BCUT2D eigenvalue weighted by atomic mass is 19.1. The molecule has 5 amide bonds. The lowest BCUT2D eigenvalue weighted by molar-refractivity contribution is -0.122. The number of fused-ring (bicyclic) bond motifs is 1. The van der Waals surface area contributed by atoms with Gasteiger partial charge in [0, 0.05) is 17.7 Å². The number of methoxy groups -OCH3 is 1. The Hall–Kier alpha value is -4.39. The lowest BCUT2D eigenvalue weighted by Crippen LogP contribution is -2.54. The zero-order chi connectivity index (χ0) is 23.0. The topological polar surface area (TPSA) is 131 Å². The van der Waals surface area contributed by atoms with Gasteiger partial charge in [-0.25, -0.2) is 9.18 Å². The van der Waals surface area contributed by atoms with Crippen LogP contribution in [0, 0.1) is 17.7 Å². The van der Waals surface area contributed by atoms with E-state index in [0.29, 0.717) is 11.3 Å². The van der Waals surface area contributed by atoms with Crippen LogP contribution in [0.1, 0.15) is 31.8 Å². The van der Waals surface area contributed by atoms with Crippen molar-refractivity contribution in [1.29, 1.82) is 0 Å². The summed E-state index contributed by atoms with van der Waals surface area (Å²) in [6.45, 7) is -0.00954. The predicted octanol–water partition coefficient (Wildman–Crippen LogP) is 0.519. The van der Waals surface area contributed by atoms with E-state index in [1.807, 2.05) is 0 Å². The SMILES string of the molecule is COc1ccc2c(c1)C(=O)N(C[C@@]1(C#Cc3ccc(F)c(C(N)=O)c3)NC(=O)NC1=O)C2. The van der Waals surface area contributed by atoms with Gasteiger partial charge in [-0.2, -0.15) is 0 Å². The maximum absolute atomic E-state index is 13.7. The van der Waals surface area contributed by atoms with Crippen LogP contribution in [0.5, 0.6) is 5.75 Å². The van der Waals surface area contributed by atoms with E-state index < -0.39 is 29.2 Å². The number of nitrogens with two attached hydrogens (primary N) is 1. The third kappa shape index (κ3) is 3.60. The van der Waals surface area contributed by atoms with Crippen LogP contribution in [0.15, 0.2) is 36.4 Å². The molecule has 2 aromatic carbocycles. The molecule has 0 spiro atoms. The Labute approximate surface area is 181 Å². The highest BCUT2D eigenvalue weighted by Gasteiger charge is 2.48. The quantitative estimate of drug-likeness (QED) is 0.475. The second kappa shape index (κ2) is 7.70. The molecule has 4 N–H and O–H groups in total. The van der Waals surface area contributed by atoms with E-state index in [4.69, 9.17) is 10.5 Å². The summed E-state index contributed by atoms with van der Waals surface area (Å²) in [6, 6.07) is 7.80. The molecule has 0 radical (unpaired) electrons. The molecule has 1 saturated heterocycles. The highest BCUT2D eigenvalue weighted by molar-refractivity contribution is 6.10. The standard InChI is InChI=1S/C22H17FN4O5/c1-32-14-4-3-13-10-27(19(29)15(13)9-14)11-22(20(30)25-21(31)26-22)7-6-12-2-5-17(23)16(8-12)18(24)28/h2-5,8-9H,10-11H2,1H3,(H2,24,28)(H2,25,26,30,31)/t22-/m1/s1. The molecule has 0 aromatic heterocycles. The Morgan fingerprint density at radius 3 is 2.69 bits per heavy atom. The third-order valence-electron chi connectivity index (χ3n) is 5.22. The monoisotopic (exact) mass is 436 g/mol. The first-order chi connectivity index (χ1) is 15.2. The number of ether oxygens (including phenoxy) is 1. The fourth-order valence-corrected chi connectivity index (χ4v) is 3.58. The molecule has 162 valence electrons. The normalized spacial score (nSPS) is 19.1. The van der Waals surface area contributed by atoms with Crippen LogP contribution < -0.4 is 21.1 Å². The maximum atomic E-state index is 13.7. The summed E-state index contributed by atoms with van der Waals surface area (Å²) in [6.07, 6.45) is 0. The van der Waals surface area contributed by atoms with E-state index in [1.54, 1.807) is 18.2 Å². The summed E-state index contributed by atoms with van der Waals surface area (Å²) in [7, 11) is 1.49. The number of hydrogen-bond acceptors (Lipinski definition) is 5. The van der Waals surface area contributed by atoms with Crippen LogP contribution in [0.4, 0.5) is 9.18 Å². The van der Waals surface area contributed by atoms with Gasteiger partial charge in [0.1, 0.15) is 11.6 Å². The fourth-order valence-electron chi connectivity index (χ4n) is 3.58. The Kier molecular flexibility index (Phi) is 5.02. The van der Waals surface area contributed by atoms with Crippen molar-refractivity contribution in [3.63, 3.8) is 0 Å². The second-order valence-electron chi connectivity index (χ2n) is 7.31. The van der Waals surface area contributed by atoms with Crippen LogP contribution >= 0.6 is 0 Å². The summed E-state index contributed by atoms with van der Waals surface area (Å²) in [5.41, 5.74) is 4.44. The van der Waals surface area contributed by atoms with Crippen molar-refractivity contribution >= 4 is 23.8 Å². The van der Waals surface area contributed by atoms with E-state index in [2.05, 4.69) is 22.5 Å². The van der Waals surface area contributed by atoms with Crippen molar-refractivity contribution in [1.82, 2.24) is 15.5 Å².